The Morgan fingerprint density at radius 1 is 1.11 bits per heavy atom. The van der Waals surface area contributed by atoms with Crippen molar-refractivity contribution in [2.75, 3.05) is 6.54 Å². The van der Waals surface area contributed by atoms with E-state index < -0.39 is 0 Å². The topological polar surface area (TPSA) is 25.2 Å². The van der Waals surface area contributed by atoms with E-state index in [1.807, 2.05) is 13.0 Å². The maximum absolute atomic E-state index is 5.83. The fraction of sp³-hybridized carbons (Fsp3) is 0.412. The zero-order valence-corrected chi connectivity index (χ0v) is 12.3. The minimum Gasteiger partial charge on any atom is -0.464 e. The molecule has 2 aromatic rings. The Kier molecular flexibility index (Phi) is 4.43. The van der Waals surface area contributed by atoms with Gasteiger partial charge in [-0.3, -0.25) is 0 Å². The van der Waals surface area contributed by atoms with E-state index in [1.54, 1.807) is 0 Å². The number of nitrogens with one attached hydrogen (secondary N) is 1. The normalized spacial score (nSPS) is 12.6. The number of rotatable bonds is 5. The molecule has 0 aliphatic heterocycles. The van der Waals surface area contributed by atoms with Crippen LogP contribution in [0.5, 0.6) is 0 Å². The Balaban J connectivity index is 2.39. The molecule has 1 aromatic carbocycles. The standard InChI is InChI=1S/C17H23NO/c1-5-10-18-17(16-9-8-14(4)19-16)15-11-12(2)6-7-13(15)3/h6-9,11,17-18H,5,10H2,1-4H3. The van der Waals surface area contributed by atoms with Crippen LogP contribution in [0, 0.1) is 20.8 Å². The summed E-state index contributed by atoms with van der Waals surface area (Å²) in [5.41, 5.74) is 3.89. The molecule has 2 heteroatoms. The van der Waals surface area contributed by atoms with Gasteiger partial charge in [0.1, 0.15) is 11.5 Å². The maximum Gasteiger partial charge on any atom is 0.125 e. The second-order valence-corrected chi connectivity index (χ2v) is 5.20. The van der Waals surface area contributed by atoms with Crippen molar-refractivity contribution < 1.29 is 4.42 Å². The summed E-state index contributed by atoms with van der Waals surface area (Å²) < 4.78 is 5.83. The molecule has 19 heavy (non-hydrogen) atoms. The van der Waals surface area contributed by atoms with Gasteiger partial charge in [0, 0.05) is 0 Å². The summed E-state index contributed by atoms with van der Waals surface area (Å²) in [5, 5.41) is 3.59. The third-order valence-corrected chi connectivity index (χ3v) is 3.39. The fourth-order valence-corrected chi connectivity index (χ4v) is 2.33. The Hall–Kier alpha value is -1.54. The molecule has 2 rings (SSSR count). The number of furan rings is 1. The van der Waals surface area contributed by atoms with E-state index in [1.165, 1.54) is 16.7 Å². The van der Waals surface area contributed by atoms with Crippen molar-refractivity contribution in [2.24, 2.45) is 0 Å². The first-order chi connectivity index (χ1) is 9.11. The van der Waals surface area contributed by atoms with Crippen molar-refractivity contribution in [3.8, 4) is 0 Å². The molecular weight excluding hydrogens is 234 g/mol. The average molecular weight is 257 g/mol. The quantitative estimate of drug-likeness (QED) is 0.864. The molecule has 1 heterocycles. The number of hydrogen-bond acceptors (Lipinski definition) is 2. The van der Waals surface area contributed by atoms with Crippen molar-refractivity contribution in [3.63, 3.8) is 0 Å². The van der Waals surface area contributed by atoms with Crippen LogP contribution >= 0.6 is 0 Å². The van der Waals surface area contributed by atoms with Gasteiger partial charge >= 0.3 is 0 Å². The highest BCUT2D eigenvalue weighted by atomic mass is 16.3. The first-order valence-electron chi connectivity index (χ1n) is 6.98. The van der Waals surface area contributed by atoms with Gasteiger partial charge in [-0.05, 0) is 57.0 Å². The third-order valence-electron chi connectivity index (χ3n) is 3.39. The molecule has 1 unspecified atom stereocenters. The molecule has 102 valence electrons. The second-order valence-electron chi connectivity index (χ2n) is 5.20. The molecular formula is C17H23NO. The Morgan fingerprint density at radius 3 is 2.53 bits per heavy atom. The molecule has 0 amide bonds. The highest BCUT2D eigenvalue weighted by Gasteiger charge is 2.18. The summed E-state index contributed by atoms with van der Waals surface area (Å²) in [4.78, 5) is 0. The van der Waals surface area contributed by atoms with Crippen LogP contribution in [0.1, 0.15) is 47.6 Å². The Bertz CT molecular complexity index is 542. The average Bonchev–Trinajstić information content (AvgIpc) is 2.80. The van der Waals surface area contributed by atoms with E-state index >= 15 is 0 Å². The molecule has 0 spiro atoms. The van der Waals surface area contributed by atoms with Gasteiger partial charge in [-0.1, -0.05) is 30.7 Å². The summed E-state index contributed by atoms with van der Waals surface area (Å²) in [6.07, 6.45) is 1.11. The summed E-state index contributed by atoms with van der Waals surface area (Å²) in [5.74, 6) is 1.96. The molecule has 0 radical (unpaired) electrons. The van der Waals surface area contributed by atoms with E-state index in [9.17, 15) is 0 Å². The molecule has 1 aromatic heterocycles. The van der Waals surface area contributed by atoms with Gasteiger partial charge in [-0.2, -0.15) is 0 Å². The largest absolute Gasteiger partial charge is 0.464 e. The molecule has 2 nitrogen and oxygen atoms in total. The van der Waals surface area contributed by atoms with Crippen LogP contribution in [0.15, 0.2) is 34.7 Å². The predicted octanol–water partition coefficient (Wildman–Crippen LogP) is 4.29. The zero-order chi connectivity index (χ0) is 13.8. The monoisotopic (exact) mass is 257 g/mol. The van der Waals surface area contributed by atoms with Gasteiger partial charge in [-0.15, -0.1) is 0 Å². The second kappa shape index (κ2) is 6.07. The number of benzene rings is 1. The number of aryl methyl sites for hydroxylation is 3. The van der Waals surface area contributed by atoms with Crippen LogP contribution in [-0.4, -0.2) is 6.54 Å². The molecule has 0 saturated carbocycles. The first-order valence-corrected chi connectivity index (χ1v) is 6.98. The minimum absolute atomic E-state index is 0.147. The smallest absolute Gasteiger partial charge is 0.125 e. The van der Waals surface area contributed by atoms with E-state index in [0.29, 0.717) is 0 Å². The summed E-state index contributed by atoms with van der Waals surface area (Å²) in [6.45, 7) is 9.44. The van der Waals surface area contributed by atoms with E-state index in [0.717, 1.165) is 24.5 Å². The van der Waals surface area contributed by atoms with Crippen LogP contribution < -0.4 is 5.32 Å². The van der Waals surface area contributed by atoms with Crippen molar-refractivity contribution in [2.45, 2.75) is 40.2 Å². The van der Waals surface area contributed by atoms with Crippen LogP contribution in [-0.2, 0) is 0 Å². The summed E-state index contributed by atoms with van der Waals surface area (Å²) in [7, 11) is 0. The molecule has 0 aliphatic rings. The van der Waals surface area contributed by atoms with E-state index in [2.05, 4.69) is 50.4 Å². The lowest BCUT2D eigenvalue weighted by Gasteiger charge is -2.19. The molecule has 0 aliphatic carbocycles. The zero-order valence-electron chi connectivity index (χ0n) is 12.3. The Morgan fingerprint density at radius 2 is 1.89 bits per heavy atom. The van der Waals surface area contributed by atoms with Gasteiger partial charge in [0.15, 0.2) is 0 Å². The Labute approximate surface area is 115 Å². The fourth-order valence-electron chi connectivity index (χ4n) is 2.33. The van der Waals surface area contributed by atoms with E-state index in [4.69, 9.17) is 4.42 Å². The van der Waals surface area contributed by atoms with Gasteiger partial charge < -0.3 is 9.73 Å². The molecule has 0 saturated heterocycles. The van der Waals surface area contributed by atoms with Gasteiger partial charge in [0.25, 0.3) is 0 Å². The third kappa shape index (κ3) is 3.27. The highest BCUT2D eigenvalue weighted by Crippen LogP contribution is 2.27. The SMILES string of the molecule is CCCNC(c1ccc(C)o1)c1cc(C)ccc1C. The lowest BCUT2D eigenvalue weighted by atomic mass is 9.97. The molecule has 1 N–H and O–H groups in total. The summed E-state index contributed by atoms with van der Waals surface area (Å²) in [6, 6.07) is 10.8. The van der Waals surface area contributed by atoms with Crippen molar-refractivity contribution in [3.05, 3.63) is 58.5 Å². The van der Waals surface area contributed by atoms with E-state index in [-0.39, 0.29) is 6.04 Å². The van der Waals surface area contributed by atoms with Crippen LogP contribution in [0.25, 0.3) is 0 Å². The van der Waals surface area contributed by atoms with Crippen LogP contribution in [0.2, 0.25) is 0 Å². The van der Waals surface area contributed by atoms with Gasteiger partial charge in [-0.25, -0.2) is 0 Å². The predicted molar refractivity (Wildman–Crippen MR) is 79.5 cm³/mol. The van der Waals surface area contributed by atoms with Crippen molar-refractivity contribution in [1.82, 2.24) is 5.32 Å². The van der Waals surface area contributed by atoms with Gasteiger partial charge in [0.2, 0.25) is 0 Å². The van der Waals surface area contributed by atoms with Crippen molar-refractivity contribution in [1.29, 1.82) is 0 Å². The minimum atomic E-state index is 0.147. The van der Waals surface area contributed by atoms with Crippen molar-refractivity contribution >= 4 is 0 Å². The highest BCUT2D eigenvalue weighted by molar-refractivity contribution is 5.37. The van der Waals surface area contributed by atoms with Crippen LogP contribution in [0.4, 0.5) is 0 Å². The summed E-state index contributed by atoms with van der Waals surface area (Å²) >= 11 is 0. The molecule has 0 fully saturated rings. The first kappa shape index (κ1) is 13.9. The lowest BCUT2D eigenvalue weighted by Crippen LogP contribution is -2.23. The number of hydrogen-bond donors (Lipinski definition) is 1. The van der Waals surface area contributed by atoms with Crippen LogP contribution in [0.3, 0.4) is 0 Å². The van der Waals surface area contributed by atoms with Gasteiger partial charge in [0.05, 0.1) is 6.04 Å². The molecule has 1 atom stereocenters. The molecule has 0 bridgehead atoms. The maximum atomic E-state index is 5.83. The lowest BCUT2D eigenvalue weighted by molar-refractivity contribution is 0.429.